The van der Waals surface area contributed by atoms with E-state index in [1.165, 1.54) is 18.4 Å². The molecule has 0 saturated heterocycles. The maximum atomic E-state index is 9.32. The third kappa shape index (κ3) is 4.61. The molecule has 112 valence electrons. The number of ether oxygens (including phenoxy) is 1. The molecule has 2 aromatic carbocycles. The molecule has 0 heterocycles. The van der Waals surface area contributed by atoms with Crippen LogP contribution >= 0.6 is 0 Å². The highest BCUT2D eigenvalue weighted by molar-refractivity contribution is 5.64. The zero-order valence-corrected chi connectivity index (χ0v) is 12.9. The minimum absolute atomic E-state index is 0.135. The Balaban J connectivity index is 1.96. The molecule has 2 heteroatoms. The molecule has 0 amide bonds. The van der Waals surface area contributed by atoms with E-state index in [0.717, 1.165) is 24.2 Å². The fourth-order valence-electron chi connectivity index (χ4n) is 2.31. The topological polar surface area (TPSA) is 29.5 Å². The lowest BCUT2D eigenvalue weighted by Gasteiger charge is -2.14. The summed E-state index contributed by atoms with van der Waals surface area (Å²) in [4.78, 5) is 0. The van der Waals surface area contributed by atoms with Crippen LogP contribution in [0.25, 0.3) is 11.1 Å². The van der Waals surface area contributed by atoms with E-state index in [4.69, 9.17) is 4.74 Å². The van der Waals surface area contributed by atoms with E-state index in [1.807, 2.05) is 12.1 Å². The molecule has 0 aliphatic heterocycles. The van der Waals surface area contributed by atoms with Gasteiger partial charge in [0.1, 0.15) is 5.75 Å². The van der Waals surface area contributed by atoms with Crippen LogP contribution in [-0.2, 0) is 4.74 Å². The van der Waals surface area contributed by atoms with Crippen LogP contribution in [-0.4, -0.2) is 11.7 Å². The molecule has 0 bridgehead atoms. The van der Waals surface area contributed by atoms with E-state index in [0.29, 0.717) is 5.75 Å². The molecule has 0 aromatic heterocycles. The molecule has 1 unspecified atom stereocenters. The number of aromatic hydroxyl groups is 1. The minimum atomic E-state index is 0.135. The molecule has 0 aliphatic carbocycles. The van der Waals surface area contributed by atoms with Gasteiger partial charge in [0.25, 0.3) is 0 Å². The first-order chi connectivity index (χ1) is 10.2. The maximum Gasteiger partial charge on any atom is 0.115 e. The van der Waals surface area contributed by atoms with Gasteiger partial charge in [0.2, 0.25) is 0 Å². The molecule has 2 nitrogen and oxygen atoms in total. The Hall–Kier alpha value is -1.80. The Morgan fingerprint density at radius 2 is 1.48 bits per heavy atom. The van der Waals surface area contributed by atoms with Crippen molar-refractivity contribution in [2.75, 3.05) is 6.61 Å². The fourth-order valence-corrected chi connectivity index (χ4v) is 2.31. The van der Waals surface area contributed by atoms with Gasteiger partial charge in [0.05, 0.1) is 6.10 Å². The van der Waals surface area contributed by atoms with Crippen molar-refractivity contribution in [1.82, 2.24) is 0 Å². The molecule has 0 aliphatic rings. The lowest BCUT2D eigenvalue weighted by Crippen LogP contribution is -2.01. The number of hydrogen-bond acceptors (Lipinski definition) is 2. The Morgan fingerprint density at radius 3 is 2.05 bits per heavy atom. The zero-order valence-electron chi connectivity index (χ0n) is 12.9. The van der Waals surface area contributed by atoms with Gasteiger partial charge < -0.3 is 9.84 Å². The summed E-state index contributed by atoms with van der Waals surface area (Å²) in [7, 11) is 0. The highest BCUT2D eigenvalue weighted by atomic mass is 16.5. The van der Waals surface area contributed by atoms with Gasteiger partial charge in [0, 0.05) is 6.61 Å². The van der Waals surface area contributed by atoms with Gasteiger partial charge in [-0.05, 0) is 42.2 Å². The standard InChI is InChI=1S/C19H24O2/c1-3-4-5-14-21-15(2)16-6-8-17(9-7-16)18-10-12-19(20)13-11-18/h6-13,15,20H,3-5,14H2,1-2H3. The van der Waals surface area contributed by atoms with E-state index in [-0.39, 0.29) is 6.10 Å². The van der Waals surface area contributed by atoms with Crippen molar-refractivity contribution in [2.24, 2.45) is 0 Å². The highest BCUT2D eigenvalue weighted by Crippen LogP contribution is 2.25. The molecular formula is C19H24O2. The molecule has 0 spiro atoms. The van der Waals surface area contributed by atoms with Crippen LogP contribution < -0.4 is 0 Å². The van der Waals surface area contributed by atoms with Crippen LogP contribution in [0.2, 0.25) is 0 Å². The second-order valence-corrected chi connectivity index (χ2v) is 5.39. The average molecular weight is 284 g/mol. The number of phenolic OH excluding ortho intramolecular Hbond substituents is 1. The van der Waals surface area contributed by atoms with Crippen molar-refractivity contribution < 1.29 is 9.84 Å². The summed E-state index contributed by atoms with van der Waals surface area (Å²) in [5.41, 5.74) is 3.46. The van der Waals surface area contributed by atoms with Gasteiger partial charge in [-0.3, -0.25) is 0 Å². The molecule has 21 heavy (non-hydrogen) atoms. The lowest BCUT2D eigenvalue weighted by molar-refractivity contribution is 0.0630. The van der Waals surface area contributed by atoms with Crippen molar-refractivity contribution in [1.29, 1.82) is 0 Å². The number of phenols is 1. The lowest BCUT2D eigenvalue weighted by atomic mass is 10.0. The molecule has 2 aromatic rings. The Morgan fingerprint density at radius 1 is 0.905 bits per heavy atom. The summed E-state index contributed by atoms with van der Waals surface area (Å²) in [6.07, 6.45) is 3.72. The first kappa shape index (κ1) is 15.6. The summed E-state index contributed by atoms with van der Waals surface area (Å²) in [5, 5.41) is 9.32. The van der Waals surface area contributed by atoms with Crippen LogP contribution in [0.4, 0.5) is 0 Å². The summed E-state index contributed by atoms with van der Waals surface area (Å²) in [5.74, 6) is 0.296. The largest absolute Gasteiger partial charge is 0.508 e. The van der Waals surface area contributed by atoms with Crippen molar-refractivity contribution in [3.63, 3.8) is 0 Å². The number of hydrogen-bond donors (Lipinski definition) is 1. The average Bonchev–Trinajstić information content (AvgIpc) is 2.52. The fraction of sp³-hybridized carbons (Fsp3) is 0.368. The van der Waals surface area contributed by atoms with E-state index < -0.39 is 0 Å². The Labute approximate surface area is 127 Å². The molecule has 0 radical (unpaired) electrons. The second kappa shape index (κ2) is 7.84. The van der Waals surface area contributed by atoms with E-state index >= 15 is 0 Å². The first-order valence-electron chi connectivity index (χ1n) is 7.71. The number of benzene rings is 2. The van der Waals surface area contributed by atoms with Gasteiger partial charge >= 0.3 is 0 Å². The summed E-state index contributed by atoms with van der Waals surface area (Å²) in [6, 6.07) is 15.7. The molecule has 2 rings (SSSR count). The normalized spacial score (nSPS) is 12.3. The number of rotatable bonds is 7. The summed E-state index contributed by atoms with van der Waals surface area (Å²) < 4.78 is 5.86. The minimum Gasteiger partial charge on any atom is -0.508 e. The Kier molecular flexibility index (Phi) is 5.82. The van der Waals surface area contributed by atoms with Gasteiger partial charge in [-0.25, -0.2) is 0 Å². The first-order valence-corrected chi connectivity index (χ1v) is 7.71. The smallest absolute Gasteiger partial charge is 0.115 e. The maximum absolute atomic E-state index is 9.32. The van der Waals surface area contributed by atoms with E-state index in [1.54, 1.807) is 12.1 Å². The quantitative estimate of drug-likeness (QED) is 0.697. The van der Waals surface area contributed by atoms with Crippen molar-refractivity contribution in [2.45, 2.75) is 39.2 Å². The second-order valence-electron chi connectivity index (χ2n) is 5.39. The molecular weight excluding hydrogens is 260 g/mol. The van der Waals surface area contributed by atoms with Crippen molar-refractivity contribution in [3.8, 4) is 16.9 Å². The van der Waals surface area contributed by atoms with Crippen molar-refractivity contribution in [3.05, 3.63) is 54.1 Å². The molecule has 1 N–H and O–H groups in total. The highest BCUT2D eigenvalue weighted by Gasteiger charge is 2.06. The van der Waals surface area contributed by atoms with E-state index in [9.17, 15) is 5.11 Å². The van der Waals surface area contributed by atoms with Gasteiger partial charge in [0.15, 0.2) is 0 Å². The monoisotopic (exact) mass is 284 g/mol. The van der Waals surface area contributed by atoms with Crippen LogP contribution in [0.5, 0.6) is 5.75 Å². The molecule has 1 atom stereocenters. The molecule has 0 saturated carbocycles. The van der Waals surface area contributed by atoms with Crippen LogP contribution in [0.3, 0.4) is 0 Å². The van der Waals surface area contributed by atoms with Crippen LogP contribution in [0.1, 0.15) is 44.8 Å². The predicted octanol–water partition coefficient (Wildman–Crippen LogP) is 5.33. The SMILES string of the molecule is CCCCCOC(C)c1ccc(-c2ccc(O)cc2)cc1. The van der Waals surface area contributed by atoms with Crippen molar-refractivity contribution >= 4 is 0 Å². The van der Waals surface area contributed by atoms with E-state index in [2.05, 4.69) is 38.1 Å². The summed E-state index contributed by atoms with van der Waals surface area (Å²) >= 11 is 0. The number of unbranched alkanes of at least 4 members (excludes halogenated alkanes) is 2. The van der Waals surface area contributed by atoms with Gasteiger partial charge in [-0.15, -0.1) is 0 Å². The van der Waals surface area contributed by atoms with Gasteiger partial charge in [-0.2, -0.15) is 0 Å². The Bertz CT molecular complexity index is 528. The predicted molar refractivity (Wildman–Crippen MR) is 87.4 cm³/mol. The van der Waals surface area contributed by atoms with Crippen LogP contribution in [0.15, 0.2) is 48.5 Å². The van der Waals surface area contributed by atoms with Gasteiger partial charge in [-0.1, -0.05) is 56.2 Å². The van der Waals surface area contributed by atoms with Crippen LogP contribution in [0, 0.1) is 0 Å². The third-order valence-corrected chi connectivity index (χ3v) is 3.70. The molecule has 0 fully saturated rings. The third-order valence-electron chi connectivity index (χ3n) is 3.70. The zero-order chi connectivity index (χ0) is 15.1. The summed E-state index contributed by atoms with van der Waals surface area (Å²) in [6.45, 7) is 5.13.